The summed E-state index contributed by atoms with van der Waals surface area (Å²) < 4.78 is 6.03. The van der Waals surface area contributed by atoms with Crippen LogP contribution in [0.25, 0.3) is 0 Å². The molecule has 1 aliphatic heterocycles. The molecule has 2 amide bonds. The molecule has 0 bridgehead atoms. The molecule has 1 heterocycles. The lowest BCUT2D eigenvalue weighted by Gasteiger charge is -2.27. The van der Waals surface area contributed by atoms with Crippen LogP contribution >= 0.6 is 0 Å². The van der Waals surface area contributed by atoms with Crippen molar-refractivity contribution in [1.82, 2.24) is 5.48 Å². The summed E-state index contributed by atoms with van der Waals surface area (Å²) in [7, 11) is 0. The molecule has 6 heteroatoms. The van der Waals surface area contributed by atoms with Gasteiger partial charge in [-0.2, -0.15) is 0 Å². The van der Waals surface area contributed by atoms with Gasteiger partial charge in [0.05, 0.1) is 23.8 Å². The molecule has 2 unspecified atom stereocenters. The average molecular weight is 349 g/mol. The monoisotopic (exact) mass is 349 g/mol. The molecule has 0 spiro atoms. The van der Waals surface area contributed by atoms with Crippen molar-refractivity contribution < 1.29 is 14.7 Å². The van der Waals surface area contributed by atoms with E-state index in [1.165, 1.54) is 4.90 Å². The molecule has 0 radical (unpaired) electrons. The highest BCUT2D eigenvalue weighted by Gasteiger charge is 2.28. The van der Waals surface area contributed by atoms with Gasteiger partial charge in [-0.25, -0.2) is 15.3 Å². The van der Waals surface area contributed by atoms with E-state index < -0.39 is 12.1 Å². The summed E-state index contributed by atoms with van der Waals surface area (Å²) in [6.07, 6.45) is 5.31. The Morgan fingerprint density at radius 1 is 1.31 bits per heavy atom. The summed E-state index contributed by atoms with van der Waals surface area (Å²) in [6, 6.07) is 15.7. The van der Waals surface area contributed by atoms with Gasteiger partial charge in [0.2, 0.25) is 5.90 Å². The number of anilines is 1. The Morgan fingerprint density at radius 2 is 2.00 bits per heavy atom. The third kappa shape index (κ3) is 3.39. The lowest BCUT2D eigenvalue weighted by atomic mass is 10.1. The maximum absolute atomic E-state index is 12.2. The van der Waals surface area contributed by atoms with Crippen LogP contribution in [0.2, 0.25) is 0 Å². The molecule has 2 aromatic rings. The number of carbonyl (C=O) groups is 1. The fourth-order valence-corrected chi connectivity index (χ4v) is 2.85. The highest BCUT2D eigenvalue weighted by Crippen LogP contribution is 2.30. The molecule has 132 valence electrons. The number of amides is 2. The summed E-state index contributed by atoms with van der Waals surface area (Å²) in [6.45, 7) is 2.18. The number of hydrogen-bond donors (Lipinski definition) is 2. The zero-order chi connectivity index (χ0) is 18.5. The molecule has 2 aromatic carbocycles. The number of aliphatic imine (C=N–C) groups is 1. The second-order valence-corrected chi connectivity index (χ2v) is 5.81. The van der Waals surface area contributed by atoms with Crippen LogP contribution in [-0.2, 0) is 4.74 Å². The van der Waals surface area contributed by atoms with Crippen molar-refractivity contribution in [2.75, 3.05) is 11.4 Å². The number of nitrogens with one attached hydrogen (secondary N) is 1. The molecule has 2 atom stereocenters. The SMILES string of the molecule is C#CC(C)N(C(=O)NO)c1ccccc1C1=NCC(c2ccccc2)O1. The third-order valence-corrected chi connectivity index (χ3v) is 4.16. The predicted octanol–water partition coefficient (Wildman–Crippen LogP) is 3.13. The van der Waals surface area contributed by atoms with Crippen molar-refractivity contribution in [3.63, 3.8) is 0 Å². The molecular weight excluding hydrogens is 330 g/mol. The standard InChI is InChI=1S/C20H19N3O3/c1-3-14(2)23(20(24)22-25)17-12-8-7-11-16(17)19-21-13-18(26-19)15-9-5-4-6-10-15/h1,4-12,14,18,25H,13H2,2H3,(H,22,24). The Kier molecular flexibility index (Phi) is 5.20. The Morgan fingerprint density at radius 3 is 2.69 bits per heavy atom. The molecule has 3 rings (SSSR count). The van der Waals surface area contributed by atoms with Crippen LogP contribution in [0.4, 0.5) is 10.5 Å². The van der Waals surface area contributed by atoms with E-state index in [1.807, 2.05) is 42.5 Å². The minimum Gasteiger partial charge on any atom is -0.467 e. The van der Waals surface area contributed by atoms with Gasteiger partial charge in [-0.15, -0.1) is 6.42 Å². The maximum atomic E-state index is 12.2. The van der Waals surface area contributed by atoms with Crippen LogP contribution in [0.5, 0.6) is 0 Å². The zero-order valence-corrected chi connectivity index (χ0v) is 14.3. The quantitative estimate of drug-likeness (QED) is 0.506. The van der Waals surface area contributed by atoms with Gasteiger partial charge in [0.25, 0.3) is 0 Å². The fourth-order valence-electron chi connectivity index (χ4n) is 2.85. The van der Waals surface area contributed by atoms with Crippen LogP contribution in [0.1, 0.15) is 24.2 Å². The maximum Gasteiger partial charge on any atom is 0.346 e. The van der Waals surface area contributed by atoms with E-state index in [4.69, 9.17) is 16.4 Å². The number of carbonyl (C=O) groups excluding carboxylic acids is 1. The molecule has 1 aliphatic rings. The number of nitrogens with zero attached hydrogens (tertiary/aromatic N) is 2. The van der Waals surface area contributed by atoms with E-state index in [1.54, 1.807) is 24.5 Å². The van der Waals surface area contributed by atoms with Crippen molar-refractivity contribution >= 4 is 17.6 Å². The normalized spacial score (nSPS) is 16.8. The van der Waals surface area contributed by atoms with Crippen molar-refractivity contribution in [2.45, 2.75) is 19.1 Å². The highest BCUT2D eigenvalue weighted by molar-refractivity contribution is 6.05. The number of hydroxylamine groups is 1. The van der Waals surface area contributed by atoms with E-state index in [2.05, 4.69) is 10.9 Å². The topological polar surface area (TPSA) is 74.2 Å². The first kappa shape index (κ1) is 17.5. The smallest absolute Gasteiger partial charge is 0.346 e. The van der Waals surface area contributed by atoms with Gasteiger partial charge >= 0.3 is 6.03 Å². The fraction of sp³-hybridized carbons (Fsp3) is 0.200. The van der Waals surface area contributed by atoms with E-state index in [0.29, 0.717) is 23.7 Å². The van der Waals surface area contributed by atoms with Crippen LogP contribution in [-0.4, -0.2) is 29.7 Å². The Bertz CT molecular complexity index is 858. The zero-order valence-electron chi connectivity index (χ0n) is 14.3. The molecule has 6 nitrogen and oxygen atoms in total. The molecule has 2 N–H and O–H groups in total. The van der Waals surface area contributed by atoms with Crippen molar-refractivity contribution in [1.29, 1.82) is 0 Å². The highest BCUT2D eigenvalue weighted by atomic mass is 16.5. The van der Waals surface area contributed by atoms with Crippen molar-refractivity contribution in [2.24, 2.45) is 4.99 Å². The Hall–Kier alpha value is -3.30. The first-order valence-corrected chi connectivity index (χ1v) is 8.20. The van der Waals surface area contributed by atoms with E-state index in [-0.39, 0.29) is 6.10 Å². The van der Waals surface area contributed by atoms with Gasteiger partial charge in [0, 0.05) is 0 Å². The summed E-state index contributed by atoms with van der Waals surface area (Å²) in [5, 5.41) is 9.09. The van der Waals surface area contributed by atoms with Gasteiger partial charge < -0.3 is 4.74 Å². The average Bonchev–Trinajstić information content (AvgIpc) is 3.19. The lowest BCUT2D eigenvalue weighted by molar-refractivity contribution is 0.166. The Labute approximate surface area is 152 Å². The molecule has 0 aliphatic carbocycles. The van der Waals surface area contributed by atoms with Crippen LogP contribution in [0, 0.1) is 12.3 Å². The number of para-hydroxylation sites is 1. The minimum absolute atomic E-state index is 0.176. The number of hydrogen-bond acceptors (Lipinski definition) is 4. The third-order valence-electron chi connectivity index (χ3n) is 4.16. The van der Waals surface area contributed by atoms with Gasteiger partial charge in [-0.3, -0.25) is 10.1 Å². The first-order valence-electron chi connectivity index (χ1n) is 8.20. The molecule has 0 saturated carbocycles. The predicted molar refractivity (Wildman–Crippen MR) is 99.2 cm³/mol. The van der Waals surface area contributed by atoms with Gasteiger partial charge in [0.1, 0.15) is 6.10 Å². The van der Waals surface area contributed by atoms with E-state index in [9.17, 15) is 4.79 Å². The van der Waals surface area contributed by atoms with E-state index in [0.717, 1.165) is 5.56 Å². The van der Waals surface area contributed by atoms with E-state index >= 15 is 0 Å². The summed E-state index contributed by atoms with van der Waals surface area (Å²) in [4.78, 5) is 17.9. The number of terminal acetylenes is 1. The molecule has 0 saturated heterocycles. The summed E-state index contributed by atoms with van der Waals surface area (Å²) in [5.74, 6) is 2.94. The number of urea groups is 1. The summed E-state index contributed by atoms with van der Waals surface area (Å²) >= 11 is 0. The Balaban J connectivity index is 1.93. The molecular formula is C20H19N3O3. The molecule has 0 fully saturated rings. The summed E-state index contributed by atoms with van der Waals surface area (Å²) in [5.41, 5.74) is 3.82. The lowest BCUT2D eigenvalue weighted by Crippen LogP contribution is -2.44. The second kappa shape index (κ2) is 7.72. The minimum atomic E-state index is -0.721. The number of rotatable bonds is 4. The molecule has 0 aromatic heterocycles. The van der Waals surface area contributed by atoms with Crippen LogP contribution in [0.15, 0.2) is 59.6 Å². The molecule has 26 heavy (non-hydrogen) atoms. The number of benzene rings is 2. The first-order chi connectivity index (χ1) is 12.7. The van der Waals surface area contributed by atoms with Gasteiger partial charge in [0.15, 0.2) is 0 Å². The largest absolute Gasteiger partial charge is 0.467 e. The second-order valence-electron chi connectivity index (χ2n) is 5.81. The number of ether oxygens (including phenoxy) is 1. The van der Waals surface area contributed by atoms with Crippen LogP contribution < -0.4 is 10.4 Å². The van der Waals surface area contributed by atoms with Gasteiger partial charge in [-0.05, 0) is 24.6 Å². The van der Waals surface area contributed by atoms with Crippen molar-refractivity contribution in [3.05, 3.63) is 65.7 Å². The van der Waals surface area contributed by atoms with Gasteiger partial charge in [-0.1, -0.05) is 48.4 Å². The van der Waals surface area contributed by atoms with Crippen molar-refractivity contribution in [3.8, 4) is 12.3 Å². The van der Waals surface area contributed by atoms with Crippen LogP contribution in [0.3, 0.4) is 0 Å².